The van der Waals surface area contributed by atoms with Crippen molar-refractivity contribution < 1.29 is 13.9 Å². The van der Waals surface area contributed by atoms with Crippen molar-refractivity contribution in [2.24, 2.45) is 0 Å². The van der Waals surface area contributed by atoms with Crippen molar-refractivity contribution in [1.29, 1.82) is 0 Å². The highest BCUT2D eigenvalue weighted by Gasteiger charge is 2.14. The van der Waals surface area contributed by atoms with Crippen molar-refractivity contribution in [3.63, 3.8) is 0 Å². The number of nitrogens with zero attached hydrogens (tertiary/aromatic N) is 3. The quantitative estimate of drug-likeness (QED) is 0.324. The fourth-order valence-electron chi connectivity index (χ4n) is 3.60. The van der Waals surface area contributed by atoms with Crippen LogP contribution in [0.2, 0.25) is 0 Å². The summed E-state index contributed by atoms with van der Waals surface area (Å²) in [5.41, 5.74) is 2.93. The molecule has 0 aliphatic heterocycles. The zero-order valence-electron chi connectivity index (χ0n) is 18.0. The largest absolute Gasteiger partial charge is 0.493 e. The number of anilines is 3. The number of hydrogen-bond donors (Lipinski definition) is 3. The number of halogens is 1. The molecule has 3 aromatic carbocycles. The third kappa shape index (κ3) is 4.08. The van der Waals surface area contributed by atoms with Crippen molar-refractivity contribution >= 4 is 39.3 Å². The first-order valence-electron chi connectivity index (χ1n) is 10.3. The molecule has 0 atom stereocenters. The number of aromatic amines is 1. The van der Waals surface area contributed by atoms with Crippen molar-refractivity contribution in [2.75, 3.05) is 24.9 Å². The average Bonchev–Trinajstić information content (AvgIpc) is 3.30. The van der Waals surface area contributed by atoms with E-state index in [4.69, 9.17) is 9.47 Å². The molecule has 0 fully saturated rings. The molecule has 0 spiro atoms. The normalized spacial score (nSPS) is 11.0. The van der Waals surface area contributed by atoms with E-state index in [0.29, 0.717) is 34.3 Å². The first kappa shape index (κ1) is 20.5. The van der Waals surface area contributed by atoms with Crippen LogP contribution >= 0.6 is 0 Å². The summed E-state index contributed by atoms with van der Waals surface area (Å²) in [6.07, 6.45) is 1.76. The monoisotopic (exact) mass is 444 g/mol. The Morgan fingerprint density at radius 2 is 1.79 bits per heavy atom. The molecule has 0 aliphatic rings. The fraction of sp³-hybridized carbons (Fsp3) is 0.125. The van der Waals surface area contributed by atoms with E-state index in [-0.39, 0.29) is 12.4 Å². The van der Waals surface area contributed by atoms with Crippen LogP contribution in [0.1, 0.15) is 5.56 Å². The predicted octanol–water partition coefficient (Wildman–Crippen LogP) is 5.02. The molecule has 166 valence electrons. The molecular weight excluding hydrogens is 423 g/mol. The molecule has 0 bridgehead atoms. The summed E-state index contributed by atoms with van der Waals surface area (Å²) < 4.78 is 25.0. The maximum atomic E-state index is 14.1. The summed E-state index contributed by atoms with van der Waals surface area (Å²) in [7, 11) is 3.15. The average molecular weight is 444 g/mol. The molecule has 5 rings (SSSR count). The van der Waals surface area contributed by atoms with Gasteiger partial charge in [-0.15, -0.1) is 0 Å². The van der Waals surface area contributed by atoms with Gasteiger partial charge in [-0.2, -0.15) is 10.1 Å². The Labute approximate surface area is 188 Å². The topological polar surface area (TPSA) is 97.0 Å². The maximum absolute atomic E-state index is 14.1. The minimum Gasteiger partial charge on any atom is -0.493 e. The molecule has 0 saturated carbocycles. The smallest absolute Gasteiger partial charge is 0.225 e. The van der Waals surface area contributed by atoms with E-state index in [1.165, 1.54) is 6.07 Å². The van der Waals surface area contributed by atoms with Crippen LogP contribution in [0.25, 0.3) is 21.8 Å². The predicted molar refractivity (Wildman–Crippen MR) is 126 cm³/mol. The number of methoxy groups -OCH3 is 2. The zero-order valence-corrected chi connectivity index (χ0v) is 18.0. The fourth-order valence-corrected chi connectivity index (χ4v) is 3.60. The SMILES string of the molecule is COc1cc2nc(NCc3ccccc3F)nc(Nc3ccc4[nH]ncc4c3)c2cc1OC. The van der Waals surface area contributed by atoms with Crippen LogP contribution < -0.4 is 20.1 Å². The van der Waals surface area contributed by atoms with Gasteiger partial charge in [0.2, 0.25) is 5.95 Å². The van der Waals surface area contributed by atoms with Crippen molar-refractivity contribution in [3.8, 4) is 11.5 Å². The van der Waals surface area contributed by atoms with E-state index in [2.05, 4.69) is 30.8 Å². The third-order valence-electron chi connectivity index (χ3n) is 5.30. The van der Waals surface area contributed by atoms with Gasteiger partial charge in [0.1, 0.15) is 11.6 Å². The number of rotatable bonds is 7. The maximum Gasteiger partial charge on any atom is 0.225 e. The van der Waals surface area contributed by atoms with Gasteiger partial charge in [-0.25, -0.2) is 9.37 Å². The summed E-state index contributed by atoms with van der Waals surface area (Å²) >= 11 is 0. The van der Waals surface area contributed by atoms with E-state index in [9.17, 15) is 4.39 Å². The minimum absolute atomic E-state index is 0.242. The lowest BCUT2D eigenvalue weighted by Gasteiger charge is -2.15. The van der Waals surface area contributed by atoms with Crippen molar-refractivity contribution in [1.82, 2.24) is 20.2 Å². The lowest BCUT2D eigenvalue weighted by Crippen LogP contribution is -2.07. The Kier molecular flexibility index (Phi) is 5.35. The molecular formula is C24H21FN6O2. The molecule has 0 aliphatic carbocycles. The van der Waals surface area contributed by atoms with Crippen LogP contribution in [0.4, 0.5) is 21.8 Å². The highest BCUT2D eigenvalue weighted by molar-refractivity contribution is 5.95. The van der Waals surface area contributed by atoms with Gasteiger partial charge >= 0.3 is 0 Å². The second-order valence-electron chi connectivity index (χ2n) is 7.36. The number of aromatic nitrogens is 4. The molecule has 33 heavy (non-hydrogen) atoms. The Hall–Kier alpha value is -4.40. The van der Waals surface area contributed by atoms with Crippen molar-refractivity contribution in [2.45, 2.75) is 6.54 Å². The Balaban J connectivity index is 1.56. The van der Waals surface area contributed by atoms with Gasteiger partial charge in [0.15, 0.2) is 11.5 Å². The molecule has 3 N–H and O–H groups in total. The third-order valence-corrected chi connectivity index (χ3v) is 5.30. The van der Waals surface area contributed by atoms with Gasteiger partial charge in [0.25, 0.3) is 0 Å². The van der Waals surface area contributed by atoms with E-state index < -0.39 is 0 Å². The summed E-state index contributed by atoms with van der Waals surface area (Å²) in [6, 6.07) is 16.0. The second-order valence-corrected chi connectivity index (χ2v) is 7.36. The van der Waals surface area contributed by atoms with Crippen LogP contribution in [0, 0.1) is 5.82 Å². The van der Waals surface area contributed by atoms with E-state index >= 15 is 0 Å². The van der Waals surface area contributed by atoms with Gasteiger partial charge < -0.3 is 20.1 Å². The molecule has 5 aromatic rings. The Bertz CT molecular complexity index is 1450. The summed E-state index contributed by atoms with van der Waals surface area (Å²) in [4.78, 5) is 9.28. The van der Waals surface area contributed by atoms with Crippen LogP contribution in [-0.2, 0) is 6.54 Å². The molecule has 2 heterocycles. The number of fused-ring (bicyclic) bond motifs is 2. The highest BCUT2D eigenvalue weighted by atomic mass is 19.1. The standard InChI is InChI=1S/C24H21FN6O2/c1-32-21-10-17-20(11-22(21)33-2)29-24(26-12-14-5-3-4-6-18(14)25)30-23(17)28-16-7-8-19-15(9-16)13-27-31-19/h3-11,13H,12H2,1-2H3,(H,27,31)(H2,26,28,29,30). The lowest BCUT2D eigenvalue weighted by molar-refractivity contribution is 0.356. The zero-order chi connectivity index (χ0) is 22.8. The molecule has 8 nitrogen and oxygen atoms in total. The van der Waals surface area contributed by atoms with Gasteiger partial charge in [0, 0.05) is 34.6 Å². The number of benzene rings is 3. The molecule has 2 aromatic heterocycles. The van der Waals surface area contributed by atoms with Crippen LogP contribution in [0.5, 0.6) is 11.5 Å². The lowest BCUT2D eigenvalue weighted by atomic mass is 10.2. The molecule has 0 radical (unpaired) electrons. The second kappa shape index (κ2) is 8.62. The van der Waals surface area contributed by atoms with Crippen LogP contribution in [0.15, 0.2) is 60.8 Å². The van der Waals surface area contributed by atoms with Crippen molar-refractivity contribution in [3.05, 3.63) is 72.2 Å². The minimum atomic E-state index is -0.288. The van der Waals surface area contributed by atoms with Gasteiger partial charge in [-0.1, -0.05) is 18.2 Å². The summed E-state index contributed by atoms with van der Waals surface area (Å²) in [5.74, 6) is 1.75. The van der Waals surface area contributed by atoms with Gasteiger partial charge in [0.05, 0.1) is 31.4 Å². The number of ether oxygens (including phenoxy) is 2. The molecule has 9 heteroatoms. The van der Waals surface area contributed by atoms with Gasteiger partial charge in [-0.05, 0) is 30.3 Å². The summed E-state index contributed by atoms with van der Waals surface area (Å²) in [6.45, 7) is 0.242. The Morgan fingerprint density at radius 3 is 2.61 bits per heavy atom. The van der Waals surface area contributed by atoms with Crippen LogP contribution in [-0.4, -0.2) is 34.4 Å². The van der Waals surface area contributed by atoms with Gasteiger partial charge in [-0.3, -0.25) is 5.10 Å². The molecule has 0 amide bonds. The number of hydrogen-bond acceptors (Lipinski definition) is 7. The van der Waals surface area contributed by atoms with Crippen LogP contribution in [0.3, 0.4) is 0 Å². The van der Waals surface area contributed by atoms with E-state index in [0.717, 1.165) is 22.0 Å². The van der Waals surface area contributed by atoms with E-state index in [1.54, 1.807) is 44.7 Å². The first-order valence-corrected chi connectivity index (χ1v) is 10.3. The molecule has 0 unspecified atom stereocenters. The van der Waals surface area contributed by atoms with E-state index in [1.807, 2.05) is 24.3 Å². The number of H-pyrrole nitrogens is 1. The molecule has 0 saturated heterocycles. The summed E-state index contributed by atoms with van der Waals surface area (Å²) in [5, 5.41) is 15.2. The first-order chi connectivity index (χ1) is 16.1. The highest BCUT2D eigenvalue weighted by Crippen LogP contribution is 2.35. The Morgan fingerprint density at radius 1 is 0.970 bits per heavy atom. The number of nitrogens with one attached hydrogen (secondary N) is 3.